The number of nitrogens with one attached hydrogen (secondary N) is 2. The molecule has 0 aliphatic carbocycles. The summed E-state index contributed by atoms with van der Waals surface area (Å²) in [5.41, 5.74) is 0.173. The average molecular weight is 311 g/mol. The number of benzene rings is 1. The van der Waals surface area contributed by atoms with Crippen LogP contribution in [0.3, 0.4) is 0 Å². The molecule has 0 radical (unpaired) electrons. The van der Waals surface area contributed by atoms with E-state index in [1.165, 1.54) is 0 Å². The largest absolute Gasteiger partial charge is 0.491 e. The third-order valence-corrected chi connectivity index (χ3v) is 4.17. The van der Waals surface area contributed by atoms with Gasteiger partial charge in [-0.2, -0.15) is 0 Å². The number of rotatable bonds is 6. The molecule has 5 heteroatoms. The third-order valence-electron chi connectivity index (χ3n) is 3.93. The first-order chi connectivity index (χ1) is 10.1. The molecule has 2 N–H and O–H groups in total. The molecule has 116 valence electrons. The summed E-state index contributed by atoms with van der Waals surface area (Å²) < 4.78 is 5.68. The molecule has 0 bridgehead atoms. The molecule has 2 rings (SSSR count). The number of hydrogen-bond donors (Lipinski definition) is 2. The lowest BCUT2D eigenvalue weighted by Crippen LogP contribution is -2.50. The Balaban J connectivity index is 2.17. The topological polar surface area (TPSA) is 50.4 Å². The molecule has 1 fully saturated rings. The van der Waals surface area contributed by atoms with Gasteiger partial charge >= 0.3 is 0 Å². The predicted molar refractivity (Wildman–Crippen MR) is 86.1 cm³/mol. The second-order valence-corrected chi connectivity index (χ2v) is 5.85. The summed E-state index contributed by atoms with van der Waals surface area (Å²) in [5, 5.41) is 6.90. The molecule has 1 aromatic rings. The number of ether oxygens (including phenoxy) is 1. The van der Waals surface area contributed by atoms with E-state index < -0.39 is 5.54 Å². The Morgan fingerprint density at radius 1 is 1.48 bits per heavy atom. The molecule has 0 saturated carbocycles. The molecule has 1 atom stereocenters. The minimum absolute atomic E-state index is 0.00823. The van der Waals surface area contributed by atoms with Crippen LogP contribution in [-0.2, 0) is 4.79 Å². The average Bonchev–Trinajstić information content (AvgIpc) is 2.96. The lowest BCUT2D eigenvalue weighted by Gasteiger charge is -2.27. The Morgan fingerprint density at radius 2 is 2.29 bits per heavy atom. The highest BCUT2D eigenvalue weighted by Crippen LogP contribution is 2.31. The van der Waals surface area contributed by atoms with Crippen molar-refractivity contribution < 1.29 is 9.53 Å². The molecule has 1 amide bonds. The first-order valence-electron chi connectivity index (χ1n) is 7.60. The van der Waals surface area contributed by atoms with Crippen molar-refractivity contribution in [2.24, 2.45) is 0 Å². The highest BCUT2D eigenvalue weighted by Gasteiger charge is 2.39. The van der Waals surface area contributed by atoms with Gasteiger partial charge in [-0.1, -0.05) is 25.4 Å². The number of hydrogen-bond acceptors (Lipinski definition) is 3. The fourth-order valence-electron chi connectivity index (χ4n) is 2.64. The van der Waals surface area contributed by atoms with Crippen molar-refractivity contribution in [2.45, 2.75) is 45.1 Å². The molecule has 4 nitrogen and oxygen atoms in total. The van der Waals surface area contributed by atoms with Crippen LogP contribution in [0.2, 0.25) is 5.02 Å². The van der Waals surface area contributed by atoms with E-state index in [9.17, 15) is 4.79 Å². The maximum absolute atomic E-state index is 12.6. The third kappa shape index (κ3) is 3.69. The van der Waals surface area contributed by atoms with Crippen molar-refractivity contribution in [3.8, 4) is 5.75 Å². The van der Waals surface area contributed by atoms with Gasteiger partial charge in [0.2, 0.25) is 5.91 Å². The molecule has 1 aliphatic heterocycles. The number of anilines is 1. The van der Waals surface area contributed by atoms with Gasteiger partial charge in [0.05, 0.1) is 17.8 Å². The first-order valence-corrected chi connectivity index (χ1v) is 7.98. The van der Waals surface area contributed by atoms with Gasteiger partial charge in [-0.05, 0) is 50.4 Å². The normalized spacial score (nSPS) is 21.3. The lowest BCUT2D eigenvalue weighted by atomic mass is 9.93. The Bertz CT molecular complexity index is 499. The molecule has 1 saturated heterocycles. The summed E-state index contributed by atoms with van der Waals surface area (Å²) in [6.07, 6.45) is 3.57. The van der Waals surface area contributed by atoms with Gasteiger partial charge in [0.15, 0.2) is 0 Å². The summed E-state index contributed by atoms with van der Waals surface area (Å²) in [5.74, 6) is 0.657. The van der Waals surface area contributed by atoms with E-state index in [-0.39, 0.29) is 5.91 Å². The summed E-state index contributed by atoms with van der Waals surface area (Å²) in [6.45, 7) is 5.57. The van der Waals surface area contributed by atoms with Crippen LogP contribution in [0.25, 0.3) is 0 Å². The minimum atomic E-state index is -0.468. The summed E-state index contributed by atoms with van der Waals surface area (Å²) in [7, 11) is 0. The van der Waals surface area contributed by atoms with Crippen LogP contribution >= 0.6 is 11.6 Å². The SMILES string of the molecule is CCCOc1ccc(Cl)cc1NC(=O)C1(CC)CCCN1. The van der Waals surface area contributed by atoms with E-state index in [0.29, 0.717) is 23.1 Å². The van der Waals surface area contributed by atoms with E-state index in [0.717, 1.165) is 32.2 Å². The van der Waals surface area contributed by atoms with Crippen LogP contribution in [0, 0.1) is 0 Å². The van der Waals surface area contributed by atoms with Crippen LogP contribution in [0.5, 0.6) is 5.75 Å². The quantitative estimate of drug-likeness (QED) is 0.844. The van der Waals surface area contributed by atoms with Crippen molar-refractivity contribution in [1.82, 2.24) is 5.32 Å². The van der Waals surface area contributed by atoms with E-state index >= 15 is 0 Å². The number of amides is 1. The second kappa shape index (κ2) is 7.14. The van der Waals surface area contributed by atoms with Crippen LogP contribution < -0.4 is 15.4 Å². The zero-order chi connectivity index (χ0) is 15.3. The van der Waals surface area contributed by atoms with Gasteiger partial charge in [0.1, 0.15) is 5.75 Å². The predicted octanol–water partition coefficient (Wildman–Crippen LogP) is 3.60. The molecular formula is C16H23ClN2O2. The van der Waals surface area contributed by atoms with E-state index in [1.807, 2.05) is 13.8 Å². The minimum Gasteiger partial charge on any atom is -0.491 e. The first kappa shape index (κ1) is 16.1. The zero-order valence-corrected chi connectivity index (χ0v) is 13.4. The van der Waals surface area contributed by atoms with Crippen LogP contribution in [-0.4, -0.2) is 24.6 Å². The Kier molecular flexibility index (Phi) is 5.48. The Hall–Kier alpha value is -1.26. The van der Waals surface area contributed by atoms with Crippen molar-refractivity contribution in [3.05, 3.63) is 23.2 Å². The number of carbonyl (C=O) groups excluding carboxylic acids is 1. The van der Waals surface area contributed by atoms with Gasteiger partial charge in [-0.3, -0.25) is 4.79 Å². The summed E-state index contributed by atoms with van der Waals surface area (Å²) in [6, 6.07) is 5.31. The fourth-order valence-corrected chi connectivity index (χ4v) is 2.81. The molecule has 1 aliphatic rings. The van der Waals surface area contributed by atoms with Crippen molar-refractivity contribution >= 4 is 23.2 Å². The van der Waals surface area contributed by atoms with Crippen LogP contribution in [0.15, 0.2) is 18.2 Å². The van der Waals surface area contributed by atoms with Gasteiger partial charge in [-0.15, -0.1) is 0 Å². The highest BCUT2D eigenvalue weighted by atomic mass is 35.5. The van der Waals surface area contributed by atoms with Gasteiger partial charge in [0, 0.05) is 5.02 Å². The van der Waals surface area contributed by atoms with Gasteiger partial charge < -0.3 is 15.4 Å². The number of carbonyl (C=O) groups is 1. The van der Waals surface area contributed by atoms with Crippen LogP contribution in [0.1, 0.15) is 39.5 Å². The lowest BCUT2D eigenvalue weighted by molar-refractivity contribution is -0.122. The highest BCUT2D eigenvalue weighted by molar-refractivity contribution is 6.31. The van der Waals surface area contributed by atoms with E-state index in [1.54, 1.807) is 18.2 Å². The standard InChI is InChI=1S/C16H23ClN2O2/c1-3-10-21-14-7-6-12(17)11-13(14)19-15(20)16(4-2)8-5-9-18-16/h6-7,11,18H,3-5,8-10H2,1-2H3,(H,19,20). The molecule has 21 heavy (non-hydrogen) atoms. The Labute approximate surface area is 131 Å². The van der Waals surface area contributed by atoms with Gasteiger partial charge in [0.25, 0.3) is 0 Å². The maximum Gasteiger partial charge on any atom is 0.244 e. The van der Waals surface area contributed by atoms with Crippen LogP contribution in [0.4, 0.5) is 5.69 Å². The Morgan fingerprint density at radius 3 is 2.90 bits per heavy atom. The smallest absolute Gasteiger partial charge is 0.244 e. The molecule has 1 unspecified atom stereocenters. The van der Waals surface area contributed by atoms with Crippen molar-refractivity contribution in [3.63, 3.8) is 0 Å². The summed E-state index contributed by atoms with van der Waals surface area (Å²) in [4.78, 5) is 12.6. The van der Waals surface area contributed by atoms with Gasteiger partial charge in [-0.25, -0.2) is 0 Å². The number of halogens is 1. The van der Waals surface area contributed by atoms with Crippen molar-refractivity contribution in [1.29, 1.82) is 0 Å². The second-order valence-electron chi connectivity index (χ2n) is 5.41. The van der Waals surface area contributed by atoms with Crippen molar-refractivity contribution in [2.75, 3.05) is 18.5 Å². The monoisotopic (exact) mass is 310 g/mol. The van der Waals surface area contributed by atoms with E-state index in [2.05, 4.69) is 10.6 Å². The summed E-state index contributed by atoms with van der Waals surface area (Å²) >= 11 is 6.04. The maximum atomic E-state index is 12.6. The van der Waals surface area contributed by atoms with E-state index in [4.69, 9.17) is 16.3 Å². The zero-order valence-electron chi connectivity index (χ0n) is 12.7. The molecule has 0 spiro atoms. The molecule has 0 aromatic heterocycles. The molecular weight excluding hydrogens is 288 g/mol. The molecule has 1 aromatic carbocycles. The molecule has 1 heterocycles. The fraction of sp³-hybridized carbons (Fsp3) is 0.562.